The molecule has 1 aliphatic carbocycles. The molecular weight excluding hydrogens is 428 g/mol. The Morgan fingerprint density at radius 1 is 0.941 bits per heavy atom. The summed E-state index contributed by atoms with van der Waals surface area (Å²) in [5.41, 5.74) is 14.8. The van der Waals surface area contributed by atoms with Crippen molar-refractivity contribution in [3.05, 3.63) is 65.7 Å². The third-order valence-corrected chi connectivity index (χ3v) is 6.41. The molecule has 0 atom stereocenters. The number of benzene rings is 2. The van der Waals surface area contributed by atoms with Crippen LogP contribution in [0.1, 0.15) is 68.9 Å². The highest BCUT2D eigenvalue weighted by atomic mass is 16.5. The summed E-state index contributed by atoms with van der Waals surface area (Å²) < 4.78 is 10.4. The third-order valence-electron chi connectivity index (χ3n) is 6.41. The van der Waals surface area contributed by atoms with Crippen LogP contribution < -0.4 is 16.2 Å². The topological polar surface area (TPSA) is 105 Å². The van der Waals surface area contributed by atoms with Crippen LogP contribution in [0.4, 0.5) is 11.4 Å². The lowest BCUT2D eigenvalue weighted by Crippen LogP contribution is -2.13. The van der Waals surface area contributed by atoms with E-state index in [2.05, 4.69) is 6.92 Å². The van der Waals surface area contributed by atoms with E-state index in [0.29, 0.717) is 29.5 Å². The maximum atomic E-state index is 12.1. The van der Waals surface area contributed by atoms with Crippen LogP contribution in [-0.2, 0) is 20.7 Å². The van der Waals surface area contributed by atoms with E-state index in [9.17, 15) is 9.59 Å². The lowest BCUT2D eigenvalue weighted by Gasteiger charge is -2.28. The van der Waals surface area contributed by atoms with Crippen LogP contribution in [0.5, 0.6) is 5.75 Å². The molecule has 1 saturated carbocycles. The van der Waals surface area contributed by atoms with E-state index >= 15 is 0 Å². The van der Waals surface area contributed by atoms with Crippen molar-refractivity contribution in [2.45, 2.75) is 64.2 Å². The number of hydrogen-bond acceptors (Lipinski definition) is 6. The SMILES string of the molecule is CCCCC1CCC(c2ccc(OC(=O)C=CC(=O)OCCc3cc(N)cc(N)c3)cc2)CC1. The Labute approximate surface area is 202 Å². The Balaban J connectivity index is 1.39. The zero-order chi connectivity index (χ0) is 24.3. The average Bonchev–Trinajstić information content (AvgIpc) is 2.82. The molecule has 1 aliphatic rings. The van der Waals surface area contributed by atoms with E-state index in [-0.39, 0.29) is 6.61 Å². The summed E-state index contributed by atoms with van der Waals surface area (Å²) in [6.45, 7) is 2.41. The van der Waals surface area contributed by atoms with E-state index < -0.39 is 11.9 Å². The minimum absolute atomic E-state index is 0.156. The molecule has 34 heavy (non-hydrogen) atoms. The van der Waals surface area contributed by atoms with Gasteiger partial charge < -0.3 is 20.9 Å². The fourth-order valence-corrected chi connectivity index (χ4v) is 4.58. The van der Waals surface area contributed by atoms with Gasteiger partial charge >= 0.3 is 11.9 Å². The molecule has 0 spiro atoms. The van der Waals surface area contributed by atoms with Crippen LogP contribution in [-0.4, -0.2) is 18.5 Å². The second-order valence-corrected chi connectivity index (χ2v) is 9.11. The van der Waals surface area contributed by atoms with Gasteiger partial charge in [0.25, 0.3) is 0 Å². The van der Waals surface area contributed by atoms with Gasteiger partial charge in [-0.2, -0.15) is 0 Å². The summed E-state index contributed by atoms with van der Waals surface area (Å²) >= 11 is 0. The molecule has 4 N–H and O–H groups in total. The number of unbranched alkanes of at least 4 members (excludes halogenated alkanes) is 1. The van der Waals surface area contributed by atoms with Gasteiger partial charge in [0.2, 0.25) is 0 Å². The zero-order valence-corrected chi connectivity index (χ0v) is 20.0. The van der Waals surface area contributed by atoms with Gasteiger partial charge in [-0.05, 0) is 79.0 Å². The molecule has 6 nitrogen and oxygen atoms in total. The van der Waals surface area contributed by atoms with Crippen molar-refractivity contribution in [3.63, 3.8) is 0 Å². The Morgan fingerprint density at radius 2 is 1.59 bits per heavy atom. The summed E-state index contributed by atoms with van der Waals surface area (Å²) in [5, 5.41) is 0. The first-order valence-electron chi connectivity index (χ1n) is 12.2. The molecule has 0 amide bonds. The van der Waals surface area contributed by atoms with Gasteiger partial charge in [-0.3, -0.25) is 0 Å². The summed E-state index contributed by atoms with van der Waals surface area (Å²) in [4.78, 5) is 23.9. The summed E-state index contributed by atoms with van der Waals surface area (Å²) in [7, 11) is 0. The van der Waals surface area contributed by atoms with Gasteiger partial charge in [0.1, 0.15) is 5.75 Å². The Hall–Kier alpha value is -3.28. The van der Waals surface area contributed by atoms with Gasteiger partial charge in [0.05, 0.1) is 6.61 Å². The number of nitrogen functional groups attached to an aromatic ring is 2. The largest absolute Gasteiger partial charge is 0.462 e. The molecule has 3 rings (SSSR count). The van der Waals surface area contributed by atoms with Crippen molar-refractivity contribution in [1.29, 1.82) is 0 Å². The monoisotopic (exact) mass is 464 g/mol. The maximum absolute atomic E-state index is 12.1. The lowest BCUT2D eigenvalue weighted by atomic mass is 9.77. The van der Waals surface area contributed by atoms with Gasteiger partial charge in [-0.15, -0.1) is 0 Å². The predicted octanol–water partition coefficient (Wildman–Crippen LogP) is 5.56. The zero-order valence-electron chi connectivity index (χ0n) is 20.0. The van der Waals surface area contributed by atoms with Crippen LogP contribution in [0.2, 0.25) is 0 Å². The highest BCUT2D eigenvalue weighted by Crippen LogP contribution is 2.38. The minimum atomic E-state index is -0.621. The number of carbonyl (C=O) groups is 2. The highest BCUT2D eigenvalue weighted by molar-refractivity contribution is 5.92. The molecule has 0 aliphatic heterocycles. The number of rotatable bonds is 10. The highest BCUT2D eigenvalue weighted by Gasteiger charge is 2.22. The fraction of sp³-hybridized carbons (Fsp3) is 0.429. The fourth-order valence-electron chi connectivity index (χ4n) is 4.58. The van der Waals surface area contributed by atoms with E-state index in [4.69, 9.17) is 20.9 Å². The Bertz CT molecular complexity index is 956. The molecule has 0 heterocycles. The number of nitrogens with two attached hydrogens (primary N) is 2. The van der Waals surface area contributed by atoms with Crippen LogP contribution in [0, 0.1) is 5.92 Å². The van der Waals surface area contributed by atoms with Crippen molar-refractivity contribution in [1.82, 2.24) is 0 Å². The Kier molecular flexibility index (Phi) is 9.56. The first-order chi connectivity index (χ1) is 16.4. The number of esters is 2. The summed E-state index contributed by atoms with van der Waals surface area (Å²) in [6, 6.07) is 12.9. The molecule has 1 fully saturated rings. The molecule has 0 unspecified atom stereocenters. The van der Waals surface area contributed by atoms with E-state index in [1.54, 1.807) is 18.2 Å². The number of carbonyl (C=O) groups excluding carboxylic acids is 2. The van der Waals surface area contributed by atoms with E-state index in [1.165, 1.54) is 50.5 Å². The van der Waals surface area contributed by atoms with Gasteiger partial charge in [-0.1, -0.05) is 38.3 Å². The average molecular weight is 465 g/mol. The molecular formula is C28H36N2O4. The lowest BCUT2D eigenvalue weighted by molar-refractivity contribution is -0.138. The maximum Gasteiger partial charge on any atom is 0.336 e. The van der Waals surface area contributed by atoms with Crippen LogP contribution in [0.3, 0.4) is 0 Å². The molecule has 2 aromatic rings. The molecule has 0 radical (unpaired) electrons. The summed E-state index contributed by atoms with van der Waals surface area (Å²) in [6.07, 6.45) is 11.6. The van der Waals surface area contributed by atoms with Crippen LogP contribution >= 0.6 is 0 Å². The smallest absolute Gasteiger partial charge is 0.336 e. The first kappa shape index (κ1) is 25.3. The standard InChI is InChI=1S/C28H36N2O4/c1-2-3-4-20-5-7-22(8-6-20)23-9-11-26(12-10-23)34-28(32)14-13-27(31)33-16-15-21-17-24(29)19-25(30)18-21/h9-14,17-20,22H,2-8,15-16,29-30H2,1H3. The van der Waals surface area contributed by atoms with Crippen molar-refractivity contribution >= 4 is 23.3 Å². The van der Waals surface area contributed by atoms with Crippen molar-refractivity contribution in [2.75, 3.05) is 18.1 Å². The normalized spacial score (nSPS) is 18.0. The van der Waals surface area contributed by atoms with Gasteiger partial charge in [0, 0.05) is 29.9 Å². The molecule has 0 bridgehead atoms. The third kappa shape index (κ3) is 8.25. The van der Waals surface area contributed by atoms with Crippen molar-refractivity contribution in [3.8, 4) is 5.75 Å². The quantitative estimate of drug-likeness (QED) is 0.206. The van der Waals surface area contributed by atoms with Gasteiger partial charge in [0.15, 0.2) is 0 Å². The van der Waals surface area contributed by atoms with Crippen LogP contribution in [0.15, 0.2) is 54.6 Å². The van der Waals surface area contributed by atoms with Crippen molar-refractivity contribution in [2.24, 2.45) is 5.92 Å². The van der Waals surface area contributed by atoms with Crippen LogP contribution in [0.25, 0.3) is 0 Å². The summed E-state index contributed by atoms with van der Waals surface area (Å²) in [5.74, 6) is 0.693. The molecule has 6 heteroatoms. The number of hydrogen-bond donors (Lipinski definition) is 2. The number of ether oxygens (including phenoxy) is 2. The number of anilines is 2. The molecule has 0 aromatic heterocycles. The Morgan fingerprint density at radius 3 is 2.24 bits per heavy atom. The molecule has 2 aromatic carbocycles. The second kappa shape index (κ2) is 12.8. The first-order valence-corrected chi connectivity index (χ1v) is 12.2. The van der Waals surface area contributed by atoms with E-state index in [0.717, 1.165) is 23.6 Å². The molecule has 0 saturated heterocycles. The van der Waals surface area contributed by atoms with Gasteiger partial charge in [-0.25, -0.2) is 9.59 Å². The van der Waals surface area contributed by atoms with Crippen molar-refractivity contribution < 1.29 is 19.1 Å². The minimum Gasteiger partial charge on any atom is -0.462 e. The molecule has 182 valence electrons. The predicted molar refractivity (Wildman–Crippen MR) is 135 cm³/mol. The second-order valence-electron chi connectivity index (χ2n) is 9.11. The van der Waals surface area contributed by atoms with E-state index in [1.807, 2.05) is 24.3 Å².